The lowest BCUT2D eigenvalue weighted by atomic mass is 10.1. The van der Waals surface area contributed by atoms with Crippen LogP contribution < -0.4 is 0 Å². The Kier molecular flexibility index (Phi) is 5.64. The average molecular weight is 427 g/mol. The molecule has 1 aliphatic rings. The number of benzene rings is 2. The van der Waals surface area contributed by atoms with Crippen LogP contribution >= 0.6 is 23.1 Å². The van der Waals surface area contributed by atoms with Gasteiger partial charge < -0.3 is 4.74 Å². The molecular weight excluding hydrogens is 408 g/mol. The summed E-state index contributed by atoms with van der Waals surface area (Å²) in [5, 5.41) is 0.672. The van der Waals surface area contributed by atoms with Crippen molar-refractivity contribution in [2.75, 3.05) is 12.0 Å². The number of amides is 2. The van der Waals surface area contributed by atoms with Gasteiger partial charge in [-0.1, -0.05) is 24.3 Å². The van der Waals surface area contributed by atoms with Crippen LogP contribution in [0.4, 0.5) is 0 Å². The van der Waals surface area contributed by atoms with Gasteiger partial charge in [0.05, 0.1) is 21.3 Å². The number of hydrogen-bond acceptors (Lipinski definition) is 7. The van der Waals surface area contributed by atoms with E-state index in [4.69, 9.17) is 4.74 Å². The number of hydrogen-bond donors (Lipinski definition) is 0. The Labute approximate surface area is 175 Å². The van der Waals surface area contributed by atoms with Gasteiger partial charge >= 0.3 is 5.97 Å². The zero-order valence-corrected chi connectivity index (χ0v) is 17.3. The minimum atomic E-state index is -0.954. The number of rotatable bonds is 7. The highest BCUT2D eigenvalue weighted by molar-refractivity contribution is 7.98. The summed E-state index contributed by atoms with van der Waals surface area (Å²) in [6.45, 7) is 0.0110. The number of imide groups is 1. The Morgan fingerprint density at radius 3 is 2.41 bits per heavy atom. The second-order valence-electron chi connectivity index (χ2n) is 6.51. The van der Waals surface area contributed by atoms with E-state index < -0.39 is 23.8 Å². The van der Waals surface area contributed by atoms with Gasteiger partial charge in [0.25, 0.3) is 11.8 Å². The molecule has 3 aromatic rings. The molecule has 1 aromatic heterocycles. The summed E-state index contributed by atoms with van der Waals surface area (Å²) in [7, 11) is 0. The van der Waals surface area contributed by atoms with Crippen molar-refractivity contribution in [3.8, 4) is 0 Å². The number of para-hydroxylation sites is 1. The second-order valence-corrected chi connectivity index (χ2v) is 8.61. The molecule has 0 N–H and O–H groups in total. The minimum absolute atomic E-state index is 0.0110. The largest absolute Gasteiger partial charge is 0.457 e. The summed E-state index contributed by atoms with van der Waals surface area (Å²) in [6, 6.07) is 13.3. The van der Waals surface area contributed by atoms with Crippen molar-refractivity contribution in [1.82, 2.24) is 9.88 Å². The van der Waals surface area contributed by atoms with Crippen LogP contribution in [0.5, 0.6) is 0 Å². The van der Waals surface area contributed by atoms with Gasteiger partial charge in [-0.15, -0.1) is 11.3 Å². The van der Waals surface area contributed by atoms with E-state index in [1.165, 1.54) is 11.3 Å². The molecule has 2 aromatic carbocycles. The maximum absolute atomic E-state index is 12.9. The van der Waals surface area contributed by atoms with Crippen LogP contribution in [0.2, 0.25) is 0 Å². The zero-order valence-electron chi connectivity index (χ0n) is 15.7. The van der Waals surface area contributed by atoms with Crippen LogP contribution in [0.3, 0.4) is 0 Å². The summed E-state index contributed by atoms with van der Waals surface area (Å²) in [6.07, 6.45) is 2.25. The standard InChI is InChI=1S/C21H18N2O4S2/c1-28-11-10-16(23-19(24)13-6-2-3-7-14(13)20(23)25)21(26)27-12-18-22-15-8-4-5-9-17(15)29-18/h2-9,16H,10-12H2,1H3. The van der Waals surface area contributed by atoms with Crippen LogP contribution in [0.15, 0.2) is 48.5 Å². The molecule has 1 unspecified atom stereocenters. The van der Waals surface area contributed by atoms with E-state index in [-0.39, 0.29) is 6.61 Å². The van der Waals surface area contributed by atoms with Crippen molar-refractivity contribution in [3.63, 3.8) is 0 Å². The van der Waals surface area contributed by atoms with E-state index in [2.05, 4.69) is 4.98 Å². The molecule has 148 valence electrons. The van der Waals surface area contributed by atoms with E-state index in [1.807, 2.05) is 30.5 Å². The topological polar surface area (TPSA) is 76.6 Å². The molecule has 6 nitrogen and oxygen atoms in total. The van der Waals surface area contributed by atoms with E-state index in [0.29, 0.717) is 28.3 Å². The lowest BCUT2D eigenvalue weighted by Gasteiger charge is -2.24. The normalized spacial score (nSPS) is 14.3. The molecule has 0 saturated carbocycles. The number of fused-ring (bicyclic) bond motifs is 2. The van der Waals surface area contributed by atoms with Gasteiger partial charge in [-0.05, 0) is 42.7 Å². The first kappa shape index (κ1) is 19.6. The van der Waals surface area contributed by atoms with Gasteiger partial charge in [-0.2, -0.15) is 11.8 Å². The van der Waals surface area contributed by atoms with Crippen molar-refractivity contribution in [2.24, 2.45) is 0 Å². The van der Waals surface area contributed by atoms with Crippen LogP contribution in [-0.2, 0) is 16.1 Å². The van der Waals surface area contributed by atoms with Gasteiger partial charge in [0.15, 0.2) is 0 Å². The van der Waals surface area contributed by atoms with E-state index in [0.717, 1.165) is 15.1 Å². The lowest BCUT2D eigenvalue weighted by molar-refractivity contribution is -0.149. The number of thioether (sulfide) groups is 1. The van der Waals surface area contributed by atoms with Crippen molar-refractivity contribution in [2.45, 2.75) is 19.1 Å². The van der Waals surface area contributed by atoms with Crippen LogP contribution in [0.25, 0.3) is 10.2 Å². The van der Waals surface area contributed by atoms with Crippen molar-refractivity contribution in [1.29, 1.82) is 0 Å². The molecule has 0 saturated heterocycles. The third-order valence-electron chi connectivity index (χ3n) is 4.68. The fourth-order valence-corrected chi connectivity index (χ4v) is 4.62. The number of nitrogens with zero attached hydrogens (tertiary/aromatic N) is 2. The number of thiazole rings is 1. The molecule has 0 radical (unpaired) electrons. The van der Waals surface area contributed by atoms with Crippen LogP contribution in [0.1, 0.15) is 32.1 Å². The van der Waals surface area contributed by atoms with E-state index in [9.17, 15) is 14.4 Å². The number of esters is 1. The fourth-order valence-electron chi connectivity index (χ4n) is 3.28. The molecule has 0 aliphatic carbocycles. The first-order chi connectivity index (χ1) is 14.1. The Morgan fingerprint density at radius 2 is 1.76 bits per heavy atom. The molecular formula is C21H18N2O4S2. The molecule has 29 heavy (non-hydrogen) atoms. The van der Waals surface area contributed by atoms with Gasteiger partial charge in [0, 0.05) is 0 Å². The maximum Gasteiger partial charge on any atom is 0.329 e. The first-order valence-corrected chi connectivity index (χ1v) is 11.3. The van der Waals surface area contributed by atoms with Crippen LogP contribution in [-0.4, -0.2) is 45.7 Å². The quantitative estimate of drug-likeness (QED) is 0.423. The smallest absolute Gasteiger partial charge is 0.329 e. The van der Waals surface area contributed by atoms with Crippen LogP contribution in [0, 0.1) is 0 Å². The van der Waals surface area contributed by atoms with Crippen molar-refractivity contribution < 1.29 is 19.1 Å². The minimum Gasteiger partial charge on any atom is -0.457 e. The summed E-state index contributed by atoms with van der Waals surface area (Å²) >= 11 is 2.99. The summed E-state index contributed by atoms with van der Waals surface area (Å²) in [4.78, 5) is 43.9. The third-order valence-corrected chi connectivity index (χ3v) is 6.33. The SMILES string of the molecule is CSCCC(C(=O)OCc1nc2ccccc2s1)N1C(=O)c2ccccc2C1=O. The predicted molar refractivity (Wildman–Crippen MR) is 113 cm³/mol. The highest BCUT2D eigenvalue weighted by Crippen LogP contribution is 2.27. The molecule has 2 amide bonds. The Balaban J connectivity index is 1.52. The highest BCUT2D eigenvalue weighted by atomic mass is 32.2. The molecule has 0 spiro atoms. The van der Waals surface area contributed by atoms with Crippen molar-refractivity contribution in [3.05, 3.63) is 64.7 Å². The number of aromatic nitrogens is 1. The van der Waals surface area contributed by atoms with Gasteiger partial charge in [-0.3, -0.25) is 14.5 Å². The average Bonchev–Trinajstić information content (AvgIpc) is 3.27. The third kappa shape index (κ3) is 3.77. The highest BCUT2D eigenvalue weighted by Gasteiger charge is 2.43. The number of ether oxygens (including phenoxy) is 1. The van der Waals surface area contributed by atoms with Gasteiger partial charge in [-0.25, -0.2) is 9.78 Å². The van der Waals surface area contributed by atoms with E-state index in [1.54, 1.807) is 36.0 Å². The summed E-state index contributed by atoms with van der Waals surface area (Å²) in [5.41, 5.74) is 1.50. The van der Waals surface area contributed by atoms with Gasteiger partial charge in [0.1, 0.15) is 17.7 Å². The maximum atomic E-state index is 12.9. The predicted octanol–water partition coefficient (Wildman–Crippen LogP) is 3.76. The first-order valence-electron chi connectivity index (χ1n) is 9.07. The Bertz CT molecular complexity index is 1030. The molecule has 2 heterocycles. The Morgan fingerprint density at radius 1 is 1.10 bits per heavy atom. The zero-order chi connectivity index (χ0) is 20.4. The molecule has 0 bridgehead atoms. The fraction of sp³-hybridized carbons (Fsp3) is 0.238. The second kappa shape index (κ2) is 8.34. The Hall–Kier alpha value is -2.71. The van der Waals surface area contributed by atoms with E-state index >= 15 is 0 Å². The molecule has 1 aliphatic heterocycles. The van der Waals surface area contributed by atoms with Gasteiger partial charge in [0.2, 0.25) is 0 Å². The number of carbonyl (C=O) groups is 3. The monoisotopic (exact) mass is 426 g/mol. The lowest BCUT2D eigenvalue weighted by Crippen LogP contribution is -2.46. The summed E-state index contributed by atoms with van der Waals surface area (Å²) in [5.74, 6) is -0.871. The molecule has 0 fully saturated rings. The molecule has 4 rings (SSSR count). The molecule has 8 heteroatoms. The number of carbonyl (C=O) groups excluding carboxylic acids is 3. The molecule has 1 atom stereocenters. The summed E-state index contributed by atoms with van der Waals surface area (Å²) < 4.78 is 6.49. The van der Waals surface area contributed by atoms with Crippen molar-refractivity contribution >= 4 is 51.1 Å².